The molecule has 0 atom stereocenters. The van der Waals surface area contributed by atoms with Crippen LogP contribution in [-0.2, 0) is 11.3 Å². The molecule has 0 aliphatic heterocycles. The molecule has 0 fully saturated rings. The summed E-state index contributed by atoms with van der Waals surface area (Å²) in [6.07, 6.45) is 1.89. The lowest BCUT2D eigenvalue weighted by molar-refractivity contribution is 0.0602. The van der Waals surface area contributed by atoms with Crippen molar-refractivity contribution in [2.75, 3.05) is 7.11 Å². The summed E-state index contributed by atoms with van der Waals surface area (Å²) in [4.78, 5) is 12.0. The molecular formula is C19H14FNO3. The molecule has 0 bridgehead atoms. The molecule has 0 saturated heterocycles. The van der Waals surface area contributed by atoms with Crippen LogP contribution in [0.1, 0.15) is 16.1 Å². The van der Waals surface area contributed by atoms with Gasteiger partial charge in [0.05, 0.1) is 24.7 Å². The fourth-order valence-electron chi connectivity index (χ4n) is 2.98. The van der Waals surface area contributed by atoms with E-state index in [1.165, 1.54) is 19.2 Å². The number of aromatic nitrogens is 1. The lowest BCUT2D eigenvalue weighted by Crippen LogP contribution is -2.06. The Balaban J connectivity index is 1.79. The summed E-state index contributed by atoms with van der Waals surface area (Å²) in [6.45, 7) is 0.438. The van der Waals surface area contributed by atoms with Crippen molar-refractivity contribution < 1.29 is 18.3 Å². The Kier molecular flexibility index (Phi) is 3.34. The van der Waals surface area contributed by atoms with E-state index in [0.717, 1.165) is 16.3 Å². The smallest absolute Gasteiger partial charge is 0.340 e. The van der Waals surface area contributed by atoms with Crippen LogP contribution < -0.4 is 0 Å². The number of esters is 1. The van der Waals surface area contributed by atoms with Crippen molar-refractivity contribution in [3.63, 3.8) is 0 Å². The van der Waals surface area contributed by atoms with Gasteiger partial charge in [0, 0.05) is 17.0 Å². The summed E-state index contributed by atoms with van der Waals surface area (Å²) in [5, 5.41) is 1.66. The Morgan fingerprint density at radius 3 is 2.88 bits per heavy atom. The van der Waals surface area contributed by atoms with Crippen molar-refractivity contribution in [1.82, 2.24) is 4.57 Å². The van der Waals surface area contributed by atoms with Crippen LogP contribution in [-0.4, -0.2) is 17.6 Å². The van der Waals surface area contributed by atoms with E-state index >= 15 is 0 Å². The lowest BCUT2D eigenvalue weighted by Gasteiger charge is -2.07. The number of rotatable bonds is 3. The zero-order chi connectivity index (χ0) is 16.7. The molecule has 120 valence electrons. The molecule has 0 unspecified atom stereocenters. The number of fused-ring (bicyclic) bond motifs is 2. The van der Waals surface area contributed by atoms with E-state index in [2.05, 4.69) is 0 Å². The van der Waals surface area contributed by atoms with E-state index < -0.39 is 0 Å². The minimum Gasteiger partial charge on any atom is -0.465 e. The number of halogens is 1. The first-order chi connectivity index (χ1) is 11.7. The van der Waals surface area contributed by atoms with Crippen molar-refractivity contribution in [3.8, 4) is 0 Å². The number of methoxy groups -OCH3 is 1. The van der Waals surface area contributed by atoms with Crippen molar-refractivity contribution in [2.45, 2.75) is 6.54 Å². The quantitative estimate of drug-likeness (QED) is 0.526. The van der Waals surface area contributed by atoms with E-state index in [9.17, 15) is 9.18 Å². The van der Waals surface area contributed by atoms with Crippen LogP contribution in [0.4, 0.5) is 4.39 Å². The maximum absolute atomic E-state index is 13.3. The van der Waals surface area contributed by atoms with Crippen molar-refractivity contribution in [1.29, 1.82) is 0 Å². The van der Waals surface area contributed by atoms with Crippen LogP contribution in [0, 0.1) is 5.82 Å². The molecule has 0 aliphatic rings. The Morgan fingerprint density at radius 1 is 1.17 bits per heavy atom. The van der Waals surface area contributed by atoms with Crippen molar-refractivity contribution in [2.24, 2.45) is 0 Å². The molecular weight excluding hydrogens is 309 g/mol. The molecule has 0 aliphatic carbocycles. The van der Waals surface area contributed by atoms with E-state index in [1.54, 1.807) is 12.1 Å². The van der Waals surface area contributed by atoms with Crippen LogP contribution in [0.2, 0.25) is 0 Å². The van der Waals surface area contributed by atoms with Gasteiger partial charge in [-0.05, 0) is 36.4 Å². The van der Waals surface area contributed by atoms with Crippen LogP contribution >= 0.6 is 0 Å². The largest absolute Gasteiger partial charge is 0.465 e. The molecule has 24 heavy (non-hydrogen) atoms. The summed E-state index contributed by atoms with van der Waals surface area (Å²) >= 11 is 0. The van der Waals surface area contributed by atoms with Gasteiger partial charge in [-0.1, -0.05) is 12.1 Å². The van der Waals surface area contributed by atoms with E-state index in [-0.39, 0.29) is 11.8 Å². The molecule has 0 amide bonds. The maximum Gasteiger partial charge on any atom is 0.340 e. The zero-order valence-corrected chi connectivity index (χ0v) is 13.0. The van der Waals surface area contributed by atoms with Gasteiger partial charge in [0.1, 0.15) is 17.2 Å². The summed E-state index contributed by atoms with van der Waals surface area (Å²) in [5.41, 5.74) is 1.93. The number of furan rings is 1. The molecule has 0 saturated carbocycles. The van der Waals surface area contributed by atoms with E-state index in [4.69, 9.17) is 9.15 Å². The summed E-state index contributed by atoms with van der Waals surface area (Å²) in [5.74, 6) is 0.00855. The summed E-state index contributed by atoms with van der Waals surface area (Å²) in [6, 6.07) is 13.7. The molecule has 2 heterocycles. The Hall–Kier alpha value is -3.08. The average molecular weight is 323 g/mol. The number of nitrogens with zero attached hydrogens (tertiary/aromatic N) is 1. The molecule has 4 rings (SSSR count). The zero-order valence-electron chi connectivity index (χ0n) is 13.0. The highest BCUT2D eigenvalue weighted by atomic mass is 19.1. The maximum atomic E-state index is 13.3. The number of ether oxygens (including phenoxy) is 1. The number of carbonyl (C=O) groups excluding carboxylic acids is 1. The van der Waals surface area contributed by atoms with Gasteiger partial charge in [-0.25, -0.2) is 9.18 Å². The van der Waals surface area contributed by atoms with Gasteiger partial charge >= 0.3 is 5.97 Å². The second-order valence-corrected chi connectivity index (χ2v) is 5.57. The summed E-state index contributed by atoms with van der Waals surface area (Å²) < 4.78 is 25.9. The lowest BCUT2D eigenvalue weighted by atomic mass is 10.1. The van der Waals surface area contributed by atoms with Gasteiger partial charge < -0.3 is 13.7 Å². The van der Waals surface area contributed by atoms with Gasteiger partial charge in [-0.3, -0.25) is 0 Å². The first-order valence-electron chi connectivity index (χ1n) is 7.50. The van der Waals surface area contributed by atoms with Crippen LogP contribution in [0.15, 0.2) is 59.1 Å². The first-order valence-corrected chi connectivity index (χ1v) is 7.50. The molecule has 2 aromatic heterocycles. The van der Waals surface area contributed by atoms with Gasteiger partial charge in [0.15, 0.2) is 0 Å². The number of para-hydroxylation sites is 1. The van der Waals surface area contributed by atoms with Crippen molar-refractivity contribution in [3.05, 3.63) is 71.9 Å². The predicted molar refractivity (Wildman–Crippen MR) is 88.6 cm³/mol. The average Bonchev–Trinajstić information content (AvgIpc) is 3.17. The monoisotopic (exact) mass is 323 g/mol. The minimum absolute atomic E-state index is 0.297. The molecule has 4 nitrogen and oxygen atoms in total. The highest BCUT2D eigenvalue weighted by molar-refractivity contribution is 6.03. The second kappa shape index (κ2) is 5.53. The molecule has 4 aromatic rings. The number of hydrogen-bond acceptors (Lipinski definition) is 3. The standard InChI is InChI=1S/C19H14FNO3/c1-23-19(22)16-4-2-3-12-7-8-21(18(12)16)11-15-10-13-9-14(20)5-6-17(13)24-15/h2-10H,11H2,1H3. The predicted octanol–water partition coefficient (Wildman–Crippen LogP) is 4.36. The highest BCUT2D eigenvalue weighted by Gasteiger charge is 2.15. The molecule has 2 aromatic carbocycles. The number of carbonyl (C=O) groups is 1. The Morgan fingerprint density at radius 2 is 2.04 bits per heavy atom. The normalized spacial score (nSPS) is 11.2. The van der Waals surface area contributed by atoms with Crippen LogP contribution in [0.25, 0.3) is 21.9 Å². The van der Waals surface area contributed by atoms with Gasteiger partial charge in [0.2, 0.25) is 0 Å². The van der Waals surface area contributed by atoms with E-state index in [0.29, 0.717) is 23.5 Å². The SMILES string of the molecule is COC(=O)c1cccc2ccn(Cc3cc4cc(F)ccc4o3)c12. The first kappa shape index (κ1) is 14.5. The summed E-state index contributed by atoms with van der Waals surface area (Å²) in [7, 11) is 1.36. The fraction of sp³-hybridized carbons (Fsp3) is 0.105. The van der Waals surface area contributed by atoms with E-state index in [1.807, 2.05) is 35.0 Å². The molecule has 0 radical (unpaired) electrons. The molecule has 5 heteroatoms. The van der Waals surface area contributed by atoms with Gasteiger partial charge in [-0.15, -0.1) is 0 Å². The second-order valence-electron chi connectivity index (χ2n) is 5.57. The van der Waals surface area contributed by atoms with Crippen molar-refractivity contribution >= 4 is 27.8 Å². The number of hydrogen-bond donors (Lipinski definition) is 0. The third kappa shape index (κ3) is 2.34. The minimum atomic E-state index is -0.382. The Bertz CT molecular complexity index is 1060. The number of benzene rings is 2. The molecule has 0 N–H and O–H groups in total. The third-order valence-corrected chi connectivity index (χ3v) is 4.05. The van der Waals surface area contributed by atoms with Crippen LogP contribution in [0.5, 0.6) is 0 Å². The molecule has 0 spiro atoms. The fourth-order valence-corrected chi connectivity index (χ4v) is 2.98. The highest BCUT2D eigenvalue weighted by Crippen LogP contribution is 2.25. The third-order valence-electron chi connectivity index (χ3n) is 4.05. The topological polar surface area (TPSA) is 44.4 Å². The van der Waals surface area contributed by atoms with Gasteiger partial charge in [0.25, 0.3) is 0 Å². The Labute approximate surface area is 137 Å². The van der Waals surface area contributed by atoms with Gasteiger partial charge in [-0.2, -0.15) is 0 Å². The van der Waals surface area contributed by atoms with Crippen LogP contribution in [0.3, 0.4) is 0 Å².